The number of nitrogens with zero attached hydrogens (tertiary/aromatic N) is 1. The van der Waals surface area contributed by atoms with Gasteiger partial charge in [0.2, 0.25) is 0 Å². The maximum absolute atomic E-state index is 11.9. The molecule has 0 spiro atoms. The molecular weight excluding hydrogens is 280 g/mol. The first kappa shape index (κ1) is 14.9. The number of hydrogen-bond donors (Lipinski definition) is 1. The van der Waals surface area contributed by atoms with E-state index in [1.807, 2.05) is 19.1 Å². The second-order valence-corrected chi connectivity index (χ2v) is 5.10. The van der Waals surface area contributed by atoms with Crippen LogP contribution in [0, 0.1) is 0 Å². The van der Waals surface area contributed by atoms with Crippen LogP contribution >= 0.6 is 11.6 Å². The summed E-state index contributed by atoms with van der Waals surface area (Å²) in [7, 11) is 0. The number of urea groups is 1. The van der Waals surface area contributed by atoms with Gasteiger partial charge in [-0.1, -0.05) is 17.7 Å². The summed E-state index contributed by atoms with van der Waals surface area (Å²) < 4.78 is 10.9. The first-order chi connectivity index (χ1) is 9.65. The fourth-order valence-electron chi connectivity index (χ4n) is 2.00. The smallest absolute Gasteiger partial charge is 0.317 e. The van der Waals surface area contributed by atoms with Crippen molar-refractivity contribution >= 4 is 17.6 Å². The topological polar surface area (TPSA) is 50.8 Å². The van der Waals surface area contributed by atoms with E-state index in [-0.39, 0.29) is 12.1 Å². The minimum Gasteiger partial charge on any atom is -0.492 e. The summed E-state index contributed by atoms with van der Waals surface area (Å²) in [4.78, 5) is 13.6. The molecule has 1 N–H and O–H groups in total. The number of benzene rings is 1. The molecule has 1 aliphatic rings. The SMILES string of the molecule is CC1CN(C(=O)NCCOc2cccc(Cl)c2)CCO1. The Morgan fingerprint density at radius 2 is 2.45 bits per heavy atom. The molecule has 1 aromatic rings. The molecule has 1 heterocycles. The Bertz CT molecular complexity index is 456. The van der Waals surface area contributed by atoms with Gasteiger partial charge in [-0.25, -0.2) is 4.79 Å². The van der Waals surface area contributed by atoms with Crippen molar-refractivity contribution in [2.45, 2.75) is 13.0 Å². The first-order valence-electron chi connectivity index (χ1n) is 6.68. The van der Waals surface area contributed by atoms with Gasteiger partial charge >= 0.3 is 6.03 Å². The Labute approximate surface area is 123 Å². The minimum atomic E-state index is -0.0742. The molecule has 0 aliphatic carbocycles. The third kappa shape index (κ3) is 4.58. The summed E-state index contributed by atoms with van der Waals surface area (Å²) in [6.07, 6.45) is 0.0946. The number of ether oxygens (including phenoxy) is 2. The van der Waals surface area contributed by atoms with Gasteiger partial charge in [0.05, 0.1) is 19.3 Å². The third-order valence-corrected chi connectivity index (χ3v) is 3.21. The molecule has 2 amide bonds. The van der Waals surface area contributed by atoms with Gasteiger partial charge in [0, 0.05) is 18.1 Å². The minimum absolute atomic E-state index is 0.0742. The fourth-order valence-corrected chi connectivity index (χ4v) is 2.18. The average molecular weight is 299 g/mol. The molecule has 1 aromatic carbocycles. The molecule has 6 heteroatoms. The highest BCUT2D eigenvalue weighted by Crippen LogP contribution is 2.16. The molecule has 1 aliphatic heterocycles. The van der Waals surface area contributed by atoms with Gasteiger partial charge in [0.1, 0.15) is 12.4 Å². The molecular formula is C14H19ClN2O3. The number of nitrogens with one attached hydrogen (secondary N) is 1. The predicted molar refractivity (Wildman–Crippen MR) is 77.3 cm³/mol. The Hall–Kier alpha value is -1.46. The van der Waals surface area contributed by atoms with Crippen molar-refractivity contribution < 1.29 is 14.3 Å². The fraction of sp³-hybridized carbons (Fsp3) is 0.500. The summed E-state index contributed by atoms with van der Waals surface area (Å²) in [6.45, 7) is 4.67. The molecule has 1 atom stereocenters. The van der Waals surface area contributed by atoms with Gasteiger partial charge in [-0.15, -0.1) is 0 Å². The zero-order valence-electron chi connectivity index (χ0n) is 11.5. The molecule has 110 valence electrons. The number of morpholine rings is 1. The Morgan fingerprint density at radius 3 is 3.20 bits per heavy atom. The summed E-state index contributed by atoms with van der Waals surface area (Å²) >= 11 is 5.86. The summed E-state index contributed by atoms with van der Waals surface area (Å²) in [5, 5.41) is 3.46. The van der Waals surface area contributed by atoms with Crippen LogP contribution in [0.4, 0.5) is 4.79 Å². The maximum Gasteiger partial charge on any atom is 0.317 e. The van der Waals surface area contributed by atoms with Gasteiger partial charge in [0.25, 0.3) is 0 Å². The number of carbonyl (C=O) groups is 1. The summed E-state index contributed by atoms with van der Waals surface area (Å²) in [5.74, 6) is 0.701. The van der Waals surface area contributed by atoms with E-state index in [0.29, 0.717) is 43.6 Å². The normalized spacial score (nSPS) is 18.7. The van der Waals surface area contributed by atoms with Crippen LogP contribution < -0.4 is 10.1 Å². The van der Waals surface area contributed by atoms with E-state index in [1.165, 1.54) is 0 Å². The van der Waals surface area contributed by atoms with Crippen molar-refractivity contribution in [3.05, 3.63) is 29.3 Å². The van der Waals surface area contributed by atoms with Crippen LogP contribution in [0.2, 0.25) is 5.02 Å². The van der Waals surface area contributed by atoms with Crippen molar-refractivity contribution in [1.82, 2.24) is 10.2 Å². The van der Waals surface area contributed by atoms with Gasteiger partial charge in [-0.05, 0) is 25.1 Å². The van der Waals surface area contributed by atoms with E-state index in [1.54, 1.807) is 17.0 Å². The molecule has 1 unspecified atom stereocenters. The highest BCUT2D eigenvalue weighted by molar-refractivity contribution is 6.30. The zero-order valence-corrected chi connectivity index (χ0v) is 12.2. The van der Waals surface area contributed by atoms with E-state index < -0.39 is 0 Å². The summed E-state index contributed by atoms with van der Waals surface area (Å²) in [6, 6.07) is 7.11. The molecule has 0 radical (unpaired) electrons. The Kier molecular flexibility index (Phi) is 5.49. The van der Waals surface area contributed by atoms with Crippen LogP contribution in [0.25, 0.3) is 0 Å². The van der Waals surface area contributed by atoms with E-state index in [0.717, 1.165) is 0 Å². The number of hydrogen-bond acceptors (Lipinski definition) is 3. The van der Waals surface area contributed by atoms with E-state index in [4.69, 9.17) is 21.1 Å². The van der Waals surface area contributed by atoms with Crippen molar-refractivity contribution in [3.8, 4) is 5.75 Å². The van der Waals surface area contributed by atoms with Crippen LogP contribution in [-0.2, 0) is 4.74 Å². The largest absolute Gasteiger partial charge is 0.492 e. The molecule has 0 bridgehead atoms. The Balaban J connectivity index is 1.66. The molecule has 1 fully saturated rings. The predicted octanol–water partition coefficient (Wildman–Crippen LogP) is 2.15. The lowest BCUT2D eigenvalue weighted by molar-refractivity contribution is -0.00353. The monoisotopic (exact) mass is 298 g/mol. The van der Waals surface area contributed by atoms with Crippen LogP contribution in [0.15, 0.2) is 24.3 Å². The lowest BCUT2D eigenvalue weighted by Gasteiger charge is -2.31. The molecule has 0 aromatic heterocycles. The van der Waals surface area contributed by atoms with Crippen molar-refractivity contribution in [1.29, 1.82) is 0 Å². The number of rotatable bonds is 4. The summed E-state index contributed by atoms with van der Waals surface area (Å²) in [5.41, 5.74) is 0. The lowest BCUT2D eigenvalue weighted by Crippen LogP contribution is -2.49. The highest BCUT2D eigenvalue weighted by Gasteiger charge is 2.20. The quantitative estimate of drug-likeness (QED) is 0.867. The van der Waals surface area contributed by atoms with E-state index in [2.05, 4.69) is 5.32 Å². The second-order valence-electron chi connectivity index (χ2n) is 4.67. The van der Waals surface area contributed by atoms with Crippen LogP contribution in [0.5, 0.6) is 5.75 Å². The van der Waals surface area contributed by atoms with Gasteiger partial charge in [0.15, 0.2) is 0 Å². The maximum atomic E-state index is 11.9. The number of carbonyl (C=O) groups excluding carboxylic acids is 1. The zero-order chi connectivity index (χ0) is 14.4. The van der Waals surface area contributed by atoms with Crippen LogP contribution in [0.3, 0.4) is 0 Å². The van der Waals surface area contributed by atoms with Crippen molar-refractivity contribution in [3.63, 3.8) is 0 Å². The third-order valence-electron chi connectivity index (χ3n) is 2.97. The number of halogens is 1. The van der Waals surface area contributed by atoms with E-state index in [9.17, 15) is 4.79 Å². The highest BCUT2D eigenvalue weighted by atomic mass is 35.5. The molecule has 2 rings (SSSR count). The average Bonchev–Trinajstić information content (AvgIpc) is 2.43. The van der Waals surface area contributed by atoms with Gasteiger partial charge < -0.3 is 19.7 Å². The van der Waals surface area contributed by atoms with Crippen LogP contribution in [0.1, 0.15) is 6.92 Å². The molecule has 1 saturated heterocycles. The van der Waals surface area contributed by atoms with Gasteiger partial charge in [-0.2, -0.15) is 0 Å². The molecule has 20 heavy (non-hydrogen) atoms. The van der Waals surface area contributed by atoms with Crippen LogP contribution in [-0.4, -0.2) is 49.9 Å². The lowest BCUT2D eigenvalue weighted by atomic mass is 10.3. The van der Waals surface area contributed by atoms with E-state index >= 15 is 0 Å². The molecule has 0 saturated carbocycles. The first-order valence-corrected chi connectivity index (χ1v) is 7.05. The van der Waals surface area contributed by atoms with Gasteiger partial charge in [-0.3, -0.25) is 0 Å². The molecule has 5 nitrogen and oxygen atoms in total. The second kappa shape index (κ2) is 7.36. The standard InChI is InChI=1S/C14H19ClN2O3/c1-11-10-17(6-8-19-11)14(18)16-5-7-20-13-4-2-3-12(15)9-13/h2-4,9,11H,5-8,10H2,1H3,(H,16,18). The number of amides is 2. The Morgan fingerprint density at radius 1 is 1.60 bits per heavy atom. The van der Waals surface area contributed by atoms with Crippen molar-refractivity contribution in [2.24, 2.45) is 0 Å². The van der Waals surface area contributed by atoms with Crippen molar-refractivity contribution in [2.75, 3.05) is 32.8 Å².